The van der Waals surface area contributed by atoms with Gasteiger partial charge in [0.05, 0.1) is 22.2 Å². The molecule has 0 saturated carbocycles. The van der Waals surface area contributed by atoms with Crippen molar-refractivity contribution in [3.8, 4) is 0 Å². The summed E-state index contributed by atoms with van der Waals surface area (Å²) in [5.74, 6) is -0.0181. The molecule has 8 heteroatoms. The average molecular weight is 478 g/mol. The van der Waals surface area contributed by atoms with Crippen molar-refractivity contribution < 1.29 is 14.7 Å². The van der Waals surface area contributed by atoms with Gasteiger partial charge in [-0.3, -0.25) is 4.79 Å². The standard InChI is InChI=1S/C24H29Cl2N3O3/c1-24(2,3)22(31)27-14-15-6-9-17(10-7-15)28-23(32)29-12-4-5-20(29)21(30)16-8-11-18(25)19(26)13-16/h6-11,13,20-21,30H,4-5,12,14H2,1-3H3,(H,27,31)(H,28,32). The Morgan fingerprint density at radius 2 is 1.81 bits per heavy atom. The maximum absolute atomic E-state index is 12.9. The van der Waals surface area contributed by atoms with E-state index >= 15 is 0 Å². The molecule has 2 atom stereocenters. The van der Waals surface area contributed by atoms with E-state index in [9.17, 15) is 14.7 Å². The Bertz CT molecular complexity index is 973. The quantitative estimate of drug-likeness (QED) is 0.539. The number of carbonyl (C=O) groups excluding carboxylic acids is 2. The molecule has 0 spiro atoms. The van der Waals surface area contributed by atoms with Crippen LogP contribution in [0.5, 0.6) is 0 Å². The summed E-state index contributed by atoms with van der Waals surface area (Å²) in [6.07, 6.45) is 0.649. The van der Waals surface area contributed by atoms with E-state index in [1.54, 1.807) is 35.2 Å². The molecule has 1 aliphatic rings. The number of rotatable bonds is 5. The summed E-state index contributed by atoms with van der Waals surface area (Å²) in [5, 5.41) is 17.5. The predicted octanol–water partition coefficient (Wildman–Crippen LogP) is 5.39. The number of halogens is 2. The highest BCUT2D eigenvalue weighted by Gasteiger charge is 2.35. The van der Waals surface area contributed by atoms with Gasteiger partial charge in [-0.15, -0.1) is 0 Å². The number of likely N-dealkylation sites (tertiary alicyclic amines) is 1. The van der Waals surface area contributed by atoms with Gasteiger partial charge in [0.15, 0.2) is 0 Å². The summed E-state index contributed by atoms with van der Waals surface area (Å²) < 4.78 is 0. The number of nitrogens with one attached hydrogen (secondary N) is 2. The Labute approximate surface area is 198 Å². The summed E-state index contributed by atoms with van der Waals surface area (Å²) in [4.78, 5) is 26.6. The van der Waals surface area contributed by atoms with Gasteiger partial charge >= 0.3 is 6.03 Å². The molecule has 2 unspecified atom stereocenters. The van der Waals surface area contributed by atoms with Gasteiger partial charge in [0.2, 0.25) is 5.91 Å². The number of hydrogen-bond acceptors (Lipinski definition) is 3. The van der Waals surface area contributed by atoms with Crippen LogP contribution in [-0.2, 0) is 11.3 Å². The van der Waals surface area contributed by atoms with E-state index in [4.69, 9.17) is 23.2 Å². The zero-order valence-electron chi connectivity index (χ0n) is 18.5. The zero-order valence-corrected chi connectivity index (χ0v) is 20.0. The Hall–Kier alpha value is -2.28. The van der Waals surface area contributed by atoms with Crippen LogP contribution in [0.25, 0.3) is 0 Å². The fourth-order valence-electron chi connectivity index (χ4n) is 3.64. The number of benzene rings is 2. The summed E-state index contributed by atoms with van der Waals surface area (Å²) in [6.45, 7) is 6.58. The highest BCUT2D eigenvalue weighted by molar-refractivity contribution is 6.42. The monoisotopic (exact) mass is 477 g/mol. The van der Waals surface area contributed by atoms with Gasteiger partial charge in [0, 0.05) is 24.2 Å². The molecule has 3 N–H and O–H groups in total. The first-order valence-electron chi connectivity index (χ1n) is 10.6. The van der Waals surface area contributed by atoms with Gasteiger partial charge in [-0.2, -0.15) is 0 Å². The maximum atomic E-state index is 12.9. The van der Waals surface area contributed by atoms with Crippen molar-refractivity contribution in [1.82, 2.24) is 10.2 Å². The van der Waals surface area contributed by atoms with E-state index in [0.717, 1.165) is 12.0 Å². The number of anilines is 1. The molecule has 172 valence electrons. The topological polar surface area (TPSA) is 81.7 Å². The van der Waals surface area contributed by atoms with Crippen molar-refractivity contribution >= 4 is 40.8 Å². The molecule has 0 aliphatic carbocycles. The van der Waals surface area contributed by atoms with Crippen LogP contribution in [-0.4, -0.2) is 34.5 Å². The molecule has 2 aromatic rings. The van der Waals surface area contributed by atoms with Crippen molar-refractivity contribution in [1.29, 1.82) is 0 Å². The lowest BCUT2D eigenvalue weighted by Gasteiger charge is -2.29. The molecular formula is C24H29Cl2N3O3. The first kappa shape index (κ1) is 24.4. The highest BCUT2D eigenvalue weighted by atomic mass is 35.5. The van der Waals surface area contributed by atoms with Crippen LogP contribution in [0.3, 0.4) is 0 Å². The van der Waals surface area contributed by atoms with Crippen molar-refractivity contribution in [2.45, 2.75) is 52.3 Å². The molecule has 0 radical (unpaired) electrons. The SMILES string of the molecule is CC(C)(C)C(=O)NCc1ccc(NC(=O)N2CCCC2C(O)c2ccc(Cl)c(Cl)c2)cc1. The number of urea groups is 1. The minimum Gasteiger partial charge on any atom is -0.386 e. The van der Waals surface area contributed by atoms with Crippen LogP contribution in [0.15, 0.2) is 42.5 Å². The molecule has 0 bridgehead atoms. The van der Waals surface area contributed by atoms with Gasteiger partial charge in [-0.25, -0.2) is 4.79 Å². The summed E-state index contributed by atoms with van der Waals surface area (Å²) in [6, 6.07) is 11.7. The number of amides is 3. The Morgan fingerprint density at radius 3 is 2.44 bits per heavy atom. The van der Waals surface area contributed by atoms with E-state index in [0.29, 0.717) is 40.8 Å². The van der Waals surface area contributed by atoms with Gasteiger partial charge in [-0.05, 0) is 48.2 Å². The Balaban J connectivity index is 1.60. The molecule has 32 heavy (non-hydrogen) atoms. The van der Waals surface area contributed by atoms with Crippen LogP contribution in [0, 0.1) is 5.41 Å². The fraction of sp³-hybridized carbons (Fsp3) is 0.417. The Kier molecular flexibility index (Phi) is 7.70. The third kappa shape index (κ3) is 5.94. The number of nitrogens with zero attached hydrogens (tertiary/aromatic N) is 1. The largest absolute Gasteiger partial charge is 0.386 e. The van der Waals surface area contributed by atoms with Gasteiger partial charge in [0.1, 0.15) is 0 Å². The van der Waals surface area contributed by atoms with E-state index in [1.807, 2.05) is 32.9 Å². The van der Waals surface area contributed by atoms with Crippen LogP contribution in [0.1, 0.15) is 50.8 Å². The van der Waals surface area contributed by atoms with Gasteiger partial charge in [0.25, 0.3) is 0 Å². The van der Waals surface area contributed by atoms with Crippen molar-refractivity contribution in [2.24, 2.45) is 5.41 Å². The van der Waals surface area contributed by atoms with Crippen LogP contribution in [0.4, 0.5) is 10.5 Å². The van der Waals surface area contributed by atoms with E-state index in [-0.39, 0.29) is 18.0 Å². The van der Waals surface area contributed by atoms with E-state index in [2.05, 4.69) is 10.6 Å². The number of aliphatic hydroxyl groups excluding tert-OH is 1. The Morgan fingerprint density at radius 1 is 1.12 bits per heavy atom. The summed E-state index contributed by atoms with van der Waals surface area (Å²) >= 11 is 12.1. The molecule has 6 nitrogen and oxygen atoms in total. The second kappa shape index (κ2) is 10.1. The van der Waals surface area contributed by atoms with Crippen molar-refractivity contribution in [3.05, 3.63) is 63.6 Å². The first-order valence-corrected chi connectivity index (χ1v) is 11.4. The molecule has 1 saturated heterocycles. The fourth-order valence-corrected chi connectivity index (χ4v) is 3.95. The lowest BCUT2D eigenvalue weighted by molar-refractivity contribution is -0.128. The number of hydrogen-bond donors (Lipinski definition) is 3. The third-order valence-corrected chi connectivity index (χ3v) is 6.29. The average Bonchev–Trinajstić information content (AvgIpc) is 3.24. The smallest absolute Gasteiger partial charge is 0.322 e. The van der Waals surface area contributed by atoms with Crippen LogP contribution < -0.4 is 10.6 Å². The van der Waals surface area contributed by atoms with Gasteiger partial charge in [-0.1, -0.05) is 62.2 Å². The lowest BCUT2D eigenvalue weighted by Crippen LogP contribution is -2.41. The molecule has 3 amide bonds. The van der Waals surface area contributed by atoms with E-state index in [1.165, 1.54) is 0 Å². The summed E-state index contributed by atoms with van der Waals surface area (Å²) in [5.41, 5.74) is 1.78. The van der Waals surface area contributed by atoms with Gasteiger partial charge < -0.3 is 20.6 Å². The van der Waals surface area contributed by atoms with Crippen molar-refractivity contribution in [3.63, 3.8) is 0 Å². The highest BCUT2D eigenvalue weighted by Crippen LogP contribution is 2.33. The second-order valence-electron chi connectivity index (χ2n) is 9.08. The minimum absolute atomic E-state index is 0.0181. The third-order valence-electron chi connectivity index (χ3n) is 5.55. The number of carbonyl (C=O) groups is 2. The van der Waals surface area contributed by atoms with Crippen LogP contribution >= 0.6 is 23.2 Å². The summed E-state index contributed by atoms with van der Waals surface area (Å²) in [7, 11) is 0. The minimum atomic E-state index is -0.855. The van der Waals surface area contributed by atoms with Crippen LogP contribution in [0.2, 0.25) is 10.0 Å². The molecule has 1 heterocycles. The molecular weight excluding hydrogens is 449 g/mol. The molecule has 1 aliphatic heterocycles. The maximum Gasteiger partial charge on any atom is 0.322 e. The lowest BCUT2D eigenvalue weighted by atomic mass is 9.95. The van der Waals surface area contributed by atoms with E-state index < -0.39 is 11.5 Å². The molecule has 3 rings (SSSR count). The molecule has 0 aromatic heterocycles. The van der Waals surface area contributed by atoms with Crippen molar-refractivity contribution in [2.75, 3.05) is 11.9 Å². The normalized spacial score (nSPS) is 17.2. The second-order valence-corrected chi connectivity index (χ2v) is 9.90. The predicted molar refractivity (Wildman–Crippen MR) is 128 cm³/mol. The molecule has 2 aromatic carbocycles. The first-order chi connectivity index (χ1) is 15.1. The number of aliphatic hydroxyl groups is 1. The molecule has 1 fully saturated rings. The zero-order chi connectivity index (χ0) is 23.5.